The van der Waals surface area contributed by atoms with Crippen molar-refractivity contribution in [1.29, 1.82) is 0 Å². The quantitative estimate of drug-likeness (QED) is 0.534. The van der Waals surface area contributed by atoms with Crippen LogP contribution in [0.4, 0.5) is 10.5 Å². The third kappa shape index (κ3) is 5.87. The summed E-state index contributed by atoms with van der Waals surface area (Å²) in [7, 11) is 0. The minimum Gasteiger partial charge on any atom is -0.378 e. The molecule has 0 spiro atoms. The number of nitrogens with one attached hydrogen (secondary N) is 1. The van der Waals surface area contributed by atoms with E-state index in [0.29, 0.717) is 5.92 Å². The van der Waals surface area contributed by atoms with Gasteiger partial charge >= 0.3 is 6.03 Å². The van der Waals surface area contributed by atoms with E-state index in [2.05, 4.69) is 41.7 Å². The van der Waals surface area contributed by atoms with E-state index < -0.39 is 0 Å². The van der Waals surface area contributed by atoms with Gasteiger partial charge in [0, 0.05) is 30.9 Å². The van der Waals surface area contributed by atoms with Crippen LogP contribution in [0.25, 0.3) is 10.2 Å². The smallest absolute Gasteiger partial charge is 0.322 e. The fourth-order valence-corrected chi connectivity index (χ4v) is 5.09. The van der Waals surface area contributed by atoms with Crippen LogP contribution in [-0.2, 0) is 0 Å². The number of aliphatic hydroxyl groups is 1. The molecule has 0 bridgehead atoms. The van der Waals surface area contributed by atoms with Gasteiger partial charge in [0.05, 0.1) is 10.2 Å². The van der Waals surface area contributed by atoms with E-state index in [1.54, 1.807) is 4.90 Å². The Morgan fingerprint density at radius 2 is 2.00 bits per heavy atom. The Balaban J connectivity index is 1.59. The predicted molar refractivity (Wildman–Crippen MR) is 128 cm³/mol. The Labute approximate surface area is 189 Å². The molecule has 1 aromatic heterocycles. The number of likely N-dealkylation sites (tertiary alicyclic amines) is 1. The molecule has 3 rings (SSSR count). The highest BCUT2D eigenvalue weighted by Gasteiger charge is 2.27. The number of benzene rings is 1. The Morgan fingerprint density at radius 1 is 1.30 bits per heavy atom. The molecule has 1 aromatic carbocycles. The number of nitrogens with zero attached hydrogens (tertiary/aromatic N) is 3. The van der Waals surface area contributed by atoms with Gasteiger partial charge in [-0.3, -0.25) is 9.80 Å². The average Bonchev–Trinajstić information content (AvgIpc) is 3.05. The lowest BCUT2D eigenvalue weighted by molar-refractivity contribution is -0.0203. The van der Waals surface area contributed by atoms with Crippen molar-refractivity contribution in [3.63, 3.8) is 0 Å². The highest BCUT2D eigenvalue weighted by Crippen LogP contribution is 2.29. The SMILES string of the molecule is CC(C)CCC(O)N1CCC(NC(=O)N(c2ccc3nc(S)sc3c2)C(C)C)CC1. The number of carbonyl (C=O) groups excluding carboxylic acids is 1. The molecule has 1 aliphatic rings. The molecule has 2 amide bonds. The van der Waals surface area contributed by atoms with Crippen LogP contribution in [0, 0.1) is 5.92 Å². The highest BCUT2D eigenvalue weighted by atomic mass is 32.2. The van der Waals surface area contributed by atoms with E-state index in [9.17, 15) is 9.90 Å². The molecule has 1 fully saturated rings. The molecular formula is C22H34N4O2S2. The second-order valence-corrected chi connectivity index (χ2v) is 10.6. The monoisotopic (exact) mass is 450 g/mol. The van der Waals surface area contributed by atoms with Gasteiger partial charge in [0.25, 0.3) is 0 Å². The van der Waals surface area contributed by atoms with Gasteiger partial charge in [-0.05, 0) is 63.6 Å². The van der Waals surface area contributed by atoms with Gasteiger partial charge in [-0.15, -0.1) is 24.0 Å². The fraction of sp³-hybridized carbons (Fsp3) is 0.636. The second kappa shape index (κ2) is 10.3. The van der Waals surface area contributed by atoms with Gasteiger partial charge in [-0.25, -0.2) is 9.78 Å². The van der Waals surface area contributed by atoms with Crippen LogP contribution in [-0.4, -0.2) is 52.4 Å². The lowest BCUT2D eigenvalue weighted by Gasteiger charge is -2.37. The van der Waals surface area contributed by atoms with Crippen LogP contribution in [0.2, 0.25) is 0 Å². The number of aromatic nitrogens is 1. The zero-order chi connectivity index (χ0) is 21.8. The first-order valence-electron chi connectivity index (χ1n) is 10.9. The molecule has 1 atom stereocenters. The van der Waals surface area contributed by atoms with E-state index in [1.807, 2.05) is 32.0 Å². The van der Waals surface area contributed by atoms with Crippen molar-refractivity contribution >= 4 is 45.9 Å². The summed E-state index contributed by atoms with van der Waals surface area (Å²) in [5.74, 6) is 0.599. The van der Waals surface area contributed by atoms with Crippen molar-refractivity contribution < 1.29 is 9.90 Å². The molecule has 0 radical (unpaired) electrons. The maximum absolute atomic E-state index is 13.1. The first kappa shape index (κ1) is 23.3. The standard InChI is InChI=1S/C22H34N4O2S2/c1-14(2)5-8-20(27)25-11-9-16(10-12-25)23-21(28)26(15(3)4)17-6-7-18-19(13-17)30-22(29)24-18/h6-7,13-16,20,27H,5,8-12H2,1-4H3,(H,23,28)(H,24,29). The van der Waals surface area contributed by atoms with E-state index in [0.717, 1.165) is 59.0 Å². The molecule has 2 heterocycles. The molecule has 0 saturated carbocycles. The minimum atomic E-state index is -0.376. The first-order valence-corrected chi connectivity index (χ1v) is 12.1. The molecule has 0 aliphatic carbocycles. The predicted octanol–water partition coefficient (Wildman–Crippen LogP) is 4.73. The van der Waals surface area contributed by atoms with Crippen LogP contribution in [0.15, 0.2) is 22.5 Å². The number of urea groups is 1. The van der Waals surface area contributed by atoms with Gasteiger partial charge < -0.3 is 10.4 Å². The van der Waals surface area contributed by atoms with E-state index in [1.165, 1.54) is 11.3 Å². The highest BCUT2D eigenvalue weighted by molar-refractivity contribution is 7.82. The van der Waals surface area contributed by atoms with Crippen molar-refractivity contribution in [2.45, 2.75) is 76.0 Å². The largest absolute Gasteiger partial charge is 0.378 e. The number of amides is 2. The number of rotatable bonds is 7. The van der Waals surface area contributed by atoms with Gasteiger partial charge in [0.2, 0.25) is 0 Å². The molecular weight excluding hydrogens is 416 g/mol. The summed E-state index contributed by atoms with van der Waals surface area (Å²) in [5, 5.41) is 13.6. The zero-order valence-electron chi connectivity index (χ0n) is 18.3. The summed E-state index contributed by atoms with van der Waals surface area (Å²) in [4.78, 5) is 21.4. The number of hydrogen-bond donors (Lipinski definition) is 3. The van der Waals surface area contributed by atoms with Crippen LogP contribution >= 0.6 is 24.0 Å². The topological polar surface area (TPSA) is 68.7 Å². The summed E-state index contributed by atoms with van der Waals surface area (Å²) < 4.78 is 1.75. The number of aliphatic hydroxyl groups excluding tert-OH is 1. The average molecular weight is 451 g/mol. The van der Waals surface area contributed by atoms with E-state index in [4.69, 9.17) is 0 Å². The zero-order valence-corrected chi connectivity index (χ0v) is 20.0. The molecule has 8 heteroatoms. The van der Waals surface area contributed by atoms with Gasteiger partial charge in [-0.2, -0.15) is 0 Å². The third-order valence-corrected chi connectivity index (χ3v) is 6.85. The number of fused-ring (bicyclic) bond motifs is 1. The number of anilines is 1. The lowest BCUT2D eigenvalue weighted by atomic mass is 10.0. The van der Waals surface area contributed by atoms with E-state index in [-0.39, 0.29) is 24.3 Å². The Bertz CT molecular complexity index is 847. The van der Waals surface area contributed by atoms with Crippen molar-refractivity contribution in [2.75, 3.05) is 18.0 Å². The molecule has 2 aromatic rings. The Hall–Kier alpha value is -1.35. The summed E-state index contributed by atoms with van der Waals surface area (Å²) >= 11 is 5.85. The van der Waals surface area contributed by atoms with Gasteiger partial charge in [-0.1, -0.05) is 13.8 Å². The van der Waals surface area contributed by atoms with Gasteiger partial charge in [0.15, 0.2) is 0 Å². The van der Waals surface area contributed by atoms with Crippen molar-refractivity contribution in [3.05, 3.63) is 18.2 Å². The van der Waals surface area contributed by atoms with Crippen molar-refractivity contribution in [2.24, 2.45) is 5.92 Å². The van der Waals surface area contributed by atoms with Crippen molar-refractivity contribution in [3.8, 4) is 0 Å². The molecule has 1 saturated heterocycles. The lowest BCUT2D eigenvalue weighted by Crippen LogP contribution is -2.52. The minimum absolute atomic E-state index is 0.0313. The summed E-state index contributed by atoms with van der Waals surface area (Å²) in [6.07, 6.45) is 3.17. The summed E-state index contributed by atoms with van der Waals surface area (Å²) in [6, 6.07) is 5.99. The summed E-state index contributed by atoms with van der Waals surface area (Å²) in [5.41, 5.74) is 1.77. The number of thiazole rings is 1. The number of thiol groups is 1. The fourth-order valence-electron chi connectivity index (χ4n) is 3.95. The second-order valence-electron chi connectivity index (χ2n) is 8.82. The maximum atomic E-state index is 13.1. The summed E-state index contributed by atoms with van der Waals surface area (Å²) in [6.45, 7) is 10.0. The van der Waals surface area contributed by atoms with Crippen LogP contribution in [0.5, 0.6) is 0 Å². The van der Waals surface area contributed by atoms with Crippen molar-refractivity contribution in [1.82, 2.24) is 15.2 Å². The molecule has 1 unspecified atom stereocenters. The Kier molecular flexibility index (Phi) is 8.01. The molecule has 30 heavy (non-hydrogen) atoms. The normalized spacial score (nSPS) is 17.1. The van der Waals surface area contributed by atoms with Crippen LogP contribution in [0.1, 0.15) is 53.4 Å². The van der Waals surface area contributed by atoms with Crippen LogP contribution < -0.4 is 10.2 Å². The van der Waals surface area contributed by atoms with Gasteiger partial charge in [0.1, 0.15) is 10.6 Å². The molecule has 166 valence electrons. The van der Waals surface area contributed by atoms with Crippen LogP contribution in [0.3, 0.4) is 0 Å². The molecule has 2 N–H and O–H groups in total. The number of hydrogen-bond acceptors (Lipinski definition) is 6. The Morgan fingerprint density at radius 3 is 2.63 bits per heavy atom. The molecule has 1 aliphatic heterocycles. The third-order valence-electron chi connectivity index (χ3n) is 5.65. The number of carbonyl (C=O) groups is 1. The maximum Gasteiger partial charge on any atom is 0.322 e. The number of piperidine rings is 1. The van der Waals surface area contributed by atoms with E-state index >= 15 is 0 Å². The molecule has 6 nitrogen and oxygen atoms in total. The first-order chi connectivity index (χ1) is 14.2.